The molecule has 0 aliphatic carbocycles. The van der Waals surface area contributed by atoms with Gasteiger partial charge in [-0.1, -0.05) is 12.1 Å². The number of hydrogen-bond acceptors (Lipinski definition) is 4. The molecule has 1 heterocycles. The van der Waals surface area contributed by atoms with Crippen LogP contribution >= 0.6 is 0 Å². The van der Waals surface area contributed by atoms with Crippen molar-refractivity contribution in [1.29, 1.82) is 0 Å². The van der Waals surface area contributed by atoms with Gasteiger partial charge >= 0.3 is 6.18 Å². The van der Waals surface area contributed by atoms with E-state index in [-0.39, 0.29) is 44.0 Å². The Hall–Kier alpha value is -1.65. The summed E-state index contributed by atoms with van der Waals surface area (Å²) in [4.78, 5) is 12.3. The minimum Gasteiger partial charge on any atom is -0.384 e. The maximum absolute atomic E-state index is 13.0. The molecule has 10 heteroatoms. The van der Waals surface area contributed by atoms with Crippen LogP contribution in [0.1, 0.15) is 18.4 Å². The van der Waals surface area contributed by atoms with E-state index in [2.05, 4.69) is 5.32 Å². The number of benzene rings is 1. The summed E-state index contributed by atoms with van der Waals surface area (Å²) in [5, 5.41) is 2.33. The summed E-state index contributed by atoms with van der Waals surface area (Å²) in [6, 6.07) is 4.77. The number of methoxy groups -OCH3 is 1. The molecular weight excluding hydrogens is 373 g/mol. The van der Waals surface area contributed by atoms with Crippen molar-refractivity contribution in [2.75, 3.05) is 37.9 Å². The Kier molecular flexibility index (Phi) is 6.64. The molecule has 1 saturated heterocycles. The minimum absolute atomic E-state index is 0.0803. The Balaban J connectivity index is 1.98. The van der Waals surface area contributed by atoms with Crippen LogP contribution in [0.5, 0.6) is 0 Å². The maximum Gasteiger partial charge on any atom is 0.418 e. The molecular formula is C16H21F3N2O4S. The molecule has 2 rings (SSSR count). The Bertz CT molecular complexity index is 729. The first-order valence-corrected chi connectivity index (χ1v) is 9.70. The zero-order valence-electron chi connectivity index (χ0n) is 14.3. The van der Waals surface area contributed by atoms with E-state index in [1.165, 1.54) is 29.6 Å². The number of anilines is 1. The number of carbonyl (C=O) groups excluding carboxylic acids is 1. The highest BCUT2D eigenvalue weighted by Crippen LogP contribution is 2.35. The maximum atomic E-state index is 13.0. The van der Waals surface area contributed by atoms with Gasteiger partial charge in [-0.05, 0) is 25.0 Å². The normalized spacial score (nSPS) is 17.2. The highest BCUT2D eigenvalue weighted by Gasteiger charge is 2.35. The van der Waals surface area contributed by atoms with Crippen molar-refractivity contribution in [2.24, 2.45) is 5.92 Å². The standard InChI is InChI=1S/C16H21F3N2O4S/c1-25-10-11-26(23,24)21-8-6-12(7-9-21)15(22)20-14-5-3-2-4-13(14)16(17,18)19/h2-5,12H,6-11H2,1H3,(H,20,22). The van der Waals surface area contributed by atoms with Crippen molar-refractivity contribution in [3.8, 4) is 0 Å². The summed E-state index contributed by atoms with van der Waals surface area (Å²) in [6.07, 6.45) is -4.05. The number of para-hydroxylation sites is 1. The predicted molar refractivity (Wildman–Crippen MR) is 90.0 cm³/mol. The second kappa shape index (κ2) is 8.36. The minimum atomic E-state index is -4.57. The summed E-state index contributed by atoms with van der Waals surface area (Å²) < 4.78 is 69.2. The van der Waals surface area contributed by atoms with Crippen LogP contribution in [0.2, 0.25) is 0 Å². The molecule has 146 valence electrons. The van der Waals surface area contributed by atoms with Gasteiger partial charge in [-0.25, -0.2) is 12.7 Å². The first kappa shape index (κ1) is 20.7. The highest BCUT2D eigenvalue weighted by molar-refractivity contribution is 7.89. The molecule has 1 aliphatic rings. The van der Waals surface area contributed by atoms with Crippen molar-refractivity contribution in [1.82, 2.24) is 4.31 Å². The number of amides is 1. The molecule has 1 fully saturated rings. The molecule has 0 radical (unpaired) electrons. The molecule has 0 unspecified atom stereocenters. The fraction of sp³-hybridized carbons (Fsp3) is 0.562. The second-order valence-corrected chi connectivity index (χ2v) is 8.10. The summed E-state index contributed by atoms with van der Waals surface area (Å²) in [7, 11) is -2.04. The number of hydrogen-bond donors (Lipinski definition) is 1. The molecule has 0 spiro atoms. The molecule has 0 bridgehead atoms. The van der Waals surface area contributed by atoms with E-state index in [0.717, 1.165) is 6.07 Å². The van der Waals surface area contributed by atoms with Crippen LogP contribution in [0.4, 0.5) is 18.9 Å². The molecule has 0 atom stereocenters. The molecule has 1 aromatic carbocycles. The summed E-state index contributed by atoms with van der Waals surface area (Å²) >= 11 is 0. The molecule has 26 heavy (non-hydrogen) atoms. The number of nitrogens with one attached hydrogen (secondary N) is 1. The Morgan fingerprint density at radius 3 is 2.46 bits per heavy atom. The number of carbonyl (C=O) groups is 1. The Morgan fingerprint density at radius 1 is 1.27 bits per heavy atom. The first-order valence-electron chi connectivity index (χ1n) is 8.09. The predicted octanol–water partition coefficient (Wildman–Crippen LogP) is 2.33. The SMILES string of the molecule is COCCS(=O)(=O)N1CCC(C(=O)Nc2ccccc2C(F)(F)F)CC1. The average molecular weight is 394 g/mol. The third-order valence-electron chi connectivity index (χ3n) is 4.25. The van der Waals surface area contributed by atoms with E-state index in [1.54, 1.807) is 0 Å². The van der Waals surface area contributed by atoms with E-state index in [0.29, 0.717) is 0 Å². The van der Waals surface area contributed by atoms with Gasteiger partial charge in [0, 0.05) is 26.1 Å². The second-order valence-electron chi connectivity index (χ2n) is 6.01. The lowest BCUT2D eigenvalue weighted by atomic mass is 9.97. The van der Waals surface area contributed by atoms with Crippen molar-refractivity contribution in [3.63, 3.8) is 0 Å². The topological polar surface area (TPSA) is 75.7 Å². The van der Waals surface area contributed by atoms with Crippen LogP contribution in [-0.4, -0.2) is 51.2 Å². The summed E-state index contributed by atoms with van der Waals surface area (Å²) in [5.74, 6) is -1.21. The number of nitrogens with zero attached hydrogens (tertiary/aromatic N) is 1. The van der Waals surface area contributed by atoms with Gasteiger partial charge in [-0.2, -0.15) is 13.2 Å². The lowest BCUT2D eigenvalue weighted by Gasteiger charge is -2.30. The van der Waals surface area contributed by atoms with Gasteiger partial charge in [0.2, 0.25) is 15.9 Å². The number of alkyl halides is 3. The summed E-state index contributed by atoms with van der Waals surface area (Å²) in [5.41, 5.74) is -1.20. The lowest BCUT2D eigenvalue weighted by Crippen LogP contribution is -2.43. The van der Waals surface area contributed by atoms with Gasteiger partial charge in [-0.3, -0.25) is 4.79 Å². The van der Waals surface area contributed by atoms with E-state index in [1.807, 2.05) is 0 Å². The van der Waals surface area contributed by atoms with Gasteiger partial charge < -0.3 is 10.1 Å². The molecule has 0 aromatic heterocycles. The molecule has 6 nitrogen and oxygen atoms in total. The van der Waals surface area contributed by atoms with Crippen LogP contribution in [0.3, 0.4) is 0 Å². The number of sulfonamides is 1. The zero-order chi connectivity index (χ0) is 19.4. The quantitative estimate of drug-likeness (QED) is 0.804. The van der Waals surface area contributed by atoms with Gasteiger partial charge in [-0.15, -0.1) is 0 Å². The van der Waals surface area contributed by atoms with Crippen LogP contribution in [-0.2, 0) is 25.7 Å². The van der Waals surface area contributed by atoms with Gasteiger partial charge in [0.25, 0.3) is 0 Å². The van der Waals surface area contributed by atoms with Crippen LogP contribution in [0, 0.1) is 5.92 Å². The van der Waals surface area contributed by atoms with Crippen molar-refractivity contribution in [2.45, 2.75) is 19.0 Å². The number of rotatable bonds is 6. The van der Waals surface area contributed by atoms with Crippen molar-refractivity contribution < 1.29 is 31.1 Å². The lowest BCUT2D eigenvalue weighted by molar-refractivity contribution is -0.137. The smallest absolute Gasteiger partial charge is 0.384 e. The molecule has 1 aromatic rings. The van der Waals surface area contributed by atoms with Gasteiger partial charge in [0.1, 0.15) is 0 Å². The average Bonchev–Trinajstić information content (AvgIpc) is 2.59. The van der Waals surface area contributed by atoms with Crippen LogP contribution in [0.25, 0.3) is 0 Å². The highest BCUT2D eigenvalue weighted by atomic mass is 32.2. The van der Waals surface area contributed by atoms with E-state index in [9.17, 15) is 26.4 Å². The van der Waals surface area contributed by atoms with Gasteiger partial charge in [0.15, 0.2) is 0 Å². The van der Waals surface area contributed by atoms with Crippen LogP contribution in [0.15, 0.2) is 24.3 Å². The molecule has 1 aliphatic heterocycles. The number of ether oxygens (including phenoxy) is 1. The van der Waals surface area contributed by atoms with E-state index in [4.69, 9.17) is 4.74 Å². The van der Waals surface area contributed by atoms with Gasteiger partial charge in [0.05, 0.1) is 23.6 Å². The van der Waals surface area contributed by atoms with Crippen molar-refractivity contribution in [3.05, 3.63) is 29.8 Å². The molecule has 1 N–H and O–H groups in total. The zero-order valence-corrected chi connectivity index (χ0v) is 15.1. The summed E-state index contributed by atoms with van der Waals surface area (Å²) in [6.45, 7) is 0.396. The number of halogens is 3. The third kappa shape index (κ3) is 5.18. The Labute approximate surface area is 150 Å². The molecule has 1 amide bonds. The van der Waals surface area contributed by atoms with Crippen molar-refractivity contribution >= 4 is 21.6 Å². The third-order valence-corrected chi connectivity index (χ3v) is 6.09. The van der Waals surface area contributed by atoms with Crippen LogP contribution < -0.4 is 5.32 Å². The fourth-order valence-corrected chi connectivity index (χ4v) is 4.19. The largest absolute Gasteiger partial charge is 0.418 e. The van der Waals surface area contributed by atoms with E-state index >= 15 is 0 Å². The molecule has 0 saturated carbocycles. The number of piperidine rings is 1. The first-order chi connectivity index (χ1) is 12.1. The Morgan fingerprint density at radius 2 is 1.88 bits per heavy atom. The van der Waals surface area contributed by atoms with E-state index < -0.39 is 33.6 Å². The monoisotopic (exact) mass is 394 g/mol. The fourth-order valence-electron chi connectivity index (χ4n) is 2.79.